The molecule has 2 fully saturated rings. The van der Waals surface area contributed by atoms with E-state index in [1.165, 1.54) is 9.87 Å². The maximum atomic E-state index is 14.5. The molecule has 3 aliphatic rings. The first kappa shape index (κ1) is 31.4. The van der Waals surface area contributed by atoms with Crippen LogP contribution in [0.5, 0.6) is 5.75 Å². The van der Waals surface area contributed by atoms with Gasteiger partial charge in [-0.15, -0.1) is 0 Å². The number of ether oxygens (including phenoxy) is 2. The van der Waals surface area contributed by atoms with Crippen molar-refractivity contribution in [3.05, 3.63) is 82.6 Å². The summed E-state index contributed by atoms with van der Waals surface area (Å²) in [5.41, 5.74) is 1.13. The van der Waals surface area contributed by atoms with Crippen molar-refractivity contribution in [3.63, 3.8) is 0 Å². The summed E-state index contributed by atoms with van der Waals surface area (Å²) in [6.07, 6.45) is 1.21. The predicted molar refractivity (Wildman–Crippen MR) is 183 cm³/mol. The lowest BCUT2D eigenvalue weighted by Gasteiger charge is -2.37. The molecule has 5 atom stereocenters. The van der Waals surface area contributed by atoms with Crippen LogP contribution in [0.15, 0.2) is 71.5 Å². The van der Waals surface area contributed by atoms with Crippen molar-refractivity contribution in [2.45, 2.75) is 62.6 Å². The van der Waals surface area contributed by atoms with E-state index in [9.17, 15) is 19.5 Å². The number of aromatic nitrogens is 2. The fraction of sp³-hybridized carbons (Fsp3) is 0.417. The number of aliphatic hydroxyl groups is 1. The number of H-pyrrole nitrogens is 1. The maximum absolute atomic E-state index is 14.5. The molecular weight excluding hydrogens is 613 g/mol. The third-order valence-corrected chi connectivity index (χ3v) is 15.4. The molecule has 0 aliphatic carbocycles. The second kappa shape index (κ2) is 11.5. The van der Waals surface area contributed by atoms with Gasteiger partial charge in [0.15, 0.2) is 5.60 Å². The topological polar surface area (TPSA) is 117 Å². The van der Waals surface area contributed by atoms with Crippen LogP contribution in [0.1, 0.15) is 31.7 Å². The number of methoxy groups -OCH3 is 1. The molecule has 4 aromatic rings. The summed E-state index contributed by atoms with van der Waals surface area (Å²) in [6.45, 7) is 7.19. The lowest BCUT2D eigenvalue weighted by molar-refractivity contribution is -0.149. The zero-order valence-corrected chi connectivity index (χ0v) is 28.5. The van der Waals surface area contributed by atoms with Gasteiger partial charge in [-0.1, -0.05) is 49.5 Å². The van der Waals surface area contributed by atoms with E-state index >= 15 is 0 Å². The molecule has 1 spiro atoms. The van der Waals surface area contributed by atoms with Gasteiger partial charge in [0.1, 0.15) is 5.75 Å². The monoisotopic (exact) mass is 654 g/mol. The Morgan fingerprint density at radius 1 is 1.11 bits per heavy atom. The Bertz CT molecular complexity index is 1920. The highest BCUT2D eigenvalue weighted by Crippen LogP contribution is 2.60. The second-order valence-electron chi connectivity index (χ2n) is 13.8. The molecule has 0 unspecified atom stereocenters. The molecule has 11 heteroatoms. The molecule has 47 heavy (non-hydrogen) atoms. The normalized spacial score (nSPS) is 25.7. The zero-order valence-electron chi connectivity index (χ0n) is 27.5. The molecule has 7 rings (SSSR count). The Kier molecular flexibility index (Phi) is 7.68. The average molecular weight is 655 g/mol. The van der Waals surface area contributed by atoms with Gasteiger partial charge in [-0.05, 0) is 60.8 Å². The lowest BCUT2D eigenvalue weighted by Crippen LogP contribution is -2.52. The minimum absolute atomic E-state index is 0.0577. The van der Waals surface area contributed by atoms with E-state index in [0.717, 1.165) is 29.8 Å². The first-order chi connectivity index (χ1) is 22.5. The number of carbonyl (C=O) groups excluding carboxylic acids is 2. The minimum atomic E-state index is -2.45. The van der Waals surface area contributed by atoms with Crippen molar-refractivity contribution in [1.29, 1.82) is 0 Å². The highest BCUT2D eigenvalue weighted by Gasteiger charge is 2.66. The van der Waals surface area contributed by atoms with Gasteiger partial charge in [-0.2, -0.15) is 0 Å². The Balaban J connectivity index is 1.35. The molecule has 2 saturated heterocycles. The molecular formula is C36H42N4O6Si. The van der Waals surface area contributed by atoms with Crippen molar-refractivity contribution >= 4 is 41.7 Å². The Morgan fingerprint density at radius 3 is 2.55 bits per heavy atom. The van der Waals surface area contributed by atoms with Crippen LogP contribution in [-0.4, -0.2) is 79.1 Å². The predicted octanol–water partition coefficient (Wildman–Crippen LogP) is 3.89. The van der Waals surface area contributed by atoms with E-state index in [4.69, 9.17) is 9.47 Å². The molecule has 0 radical (unpaired) electrons. The highest BCUT2D eigenvalue weighted by molar-refractivity contribution is 6.91. The number of anilines is 1. The van der Waals surface area contributed by atoms with Crippen LogP contribution in [0.25, 0.3) is 16.6 Å². The fourth-order valence-corrected chi connectivity index (χ4v) is 12.6. The summed E-state index contributed by atoms with van der Waals surface area (Å²) in [5.74, 6) is 0.248. The standard InChI is InChI=1S/C36H42N4O6Si/c1-22-33(47(4,5)26-15-13-25(45-3)14-16-26)31(20-32(42)39-18-8-9-24(39)21-41)46-36(22)28-19-23(12-17-30(28)38(2)35(36)44)40-34(43)27-10-6-7-11-29(27)37-40/h6-7,10-17,19,22,24,31,33,37,41H,8-9,18,20-21H2,1-5H3/t22-,24+,31+,33-,36+/m1/s1. The Labute approximate surface area is 274 Å². The number of likely N-dealkylation sites (N-methyl/N-ethyl adjacent to an activating group) is 1. The number of para-hydroxylation sites is 1. The molecule has 10 nitrogen and oxygen atoms in total. The Morgan fingerprint density at radius 2 is 1.85 bits per heavy atom. The van der Waals surface area contributed by atoms with Gasteiger partial charge in [0.25, 0.3) is 11.5 Å². The van der Waals surface area contributed by atoms with Crippen LogP contribution in [0, 0.1) is 5.92 Å². The molecule has 246 valence electrons. The van der Waals surface area contributed by atoms with Gasteiger partial charge >= 0.3 is 0 Å². The molecule has 4 heterocycles. The zero-order chi connectivity index (χ0) is 33.2. The number of aromatic amines is 1. The van der Waals surface area contributed by atoms with Crippen molar-refractivity contribution in [2.75, 3.05) is 32.2 Å². The van der Waals surface area contributed by atoms with Gasteiger partial charge < -0.3 is 24.4 Å². The quantitative estimate of drug-likeness (QED) is 0.292. The number of nitrogens with one attached hydrogen (secondary N) is 1. The number of amides is 2. The van der Waals surface area contributed by atoms with Gasteiger partial charge in [0.2, 0.25) is 5.91 Å². The van der Waals surface area contributed by atoms with Crippen LogP contribution < -0.4 is 20.4 Å². The van der Waals surface area contributed by atoms with E-state index in [-0.39, 0.29) is 47.9 Å². The number of aliphatic hydroxyl groups excluding tert-OH is 1. The average Bonchev–Trinajstić information content (AvgIpc) is 3.82. The smallest absolute Gasteiger partial charge is 0.279 e. The number of fused-ring (bicyclic) bond motifs is 3. The van der Waals surface area contributed by atoms with Crippen molar-refractivity contribution in [2.24, 2.45) is 5.92 Å². The third kappa shape index (κ3) is 4.69. The third-order valence-electron chi connectivity index (χ3n) is 11.1. The maximum Gasteiger partial charge on any atom is 0.279 e. The number of likely N-dealkylation sites (tertiary alicyclic amines) is 1. The summed E-state index contributed by atoms with van der Waals surface area (Å²) < 4.78 is 14.0. The molecule has 3 aliphatic heterocycles. The first-order valence-electron chi connectivity index (χ1n) is 16.4. The lowest BCUT2D eigenvalue weighted by atomic mass is 9.82. The van der Waals surface area contributed by atoms with Gasteiger partial charge in [-0.3, -0.25) is 19.5 Å². The summed E-state index contributed by atoms with van der Waals surface area (Å²) in [6, 6.07) is 20.9. The van der Waals surface area contributed by atoms with Crippen molar-refractivity contribution in [3.8, 4) is 11.4 Å². The summed E-state index contributed by atoms with van der Waals surface area (Å²) in [5, 5.41) is 15.0. The highest BCUT2D eigenvalue weighted by atomic mass is 28.3. The number of benzene rings is 3. The van der Waals surface area contributed by atoms with E-state index < -0.39 is 19.8 Å². The van der Waals surface area contributed by atoms with E-state index in [2.05, 4.69) is 37.2 Å². The van der Waals surface area contributed by atoms with Gasteiger partial charge in [0.05, 0.1) is 62.6 Å². The Hall–Kier alpha value is -4.19. The largest absolute Gasteiger partial charge is 0.497 e. The molecule has 1 aromatic heterocycles. The van der Waals surface area contributed by atoms with Crippen LogP contribution in [-0.2, 0) is 19.9 Å². The van der Waals surface area contributed by atoms with Crippen molar-refractivity contribution < 1.29 is 24.2 Å². The number of carbonyl (C=O) groups is 2. The number of rotatable bonds is 7. The van der Waals surface area contributed by atoms with E-state index in [0.29, 0.717) is 23.2 Å². The van der Waals surface area contributed by atoms with E-state index in [1.807, 2.05) is 48.5 Å². The molecule has 2 N–H and O–H groups in total. The first-order valence-corrected chi connectivity index (χ1v) is 19.5. The SMILES string of the molecule is COc1ccc([Si](C)(C)[C@H]2[C@H](CC(=O)N3CCC[C@H]3CO)O[C@@]3(C(=O)N(C)c4ccc(-n5[nH]c6ccccc6c5=O)cc43)[C@@H]2C)cc1. The van der Waals surface area contributed by atoms with Crippen LogP contribution in [0.3, 0.4) is 0 Å². The number of hydrogen-bond acceptors (Lipinski definition) is 6. The van der Waals surface area contributed by atoms with Crippen LogP contribution >= 0.6 is 0 Å². The minimum Gasteiger partial charge on any atom is -0.497 e. The van der Waals surface area contributed by atoms with Gasteiger partial charge in [0, 0.05) is 25.1 Å². The number of nitrogens with zero attached hydrogens (tertiary/aromatic N) is 3. The number of hydrogen-bond donors (Lipinski definition) is 2. The summed E-state index contributed by atoms with van der Waals surface area (Å²) in [4.78, 5) is 45.3. The fourth-order valence-electron chi connectivity index (χ4n) is 8.63. The molecule has 0 bridgehead atoms. The van der Waals surface area contributed by atoms with Gasteiger partial charge in [-0.25, -0.2) is 4.68 Å². The summed E-state index contributed by atoms with van der Waals surface area (Å²) in [7, 11) is 0.957. The molecule has 0 saturated carbocycles. The molecule has 2 amide bonds. The van der Waals surface area contributed by atoms with E-state index in [1.54, 1.807) is 30.0 Å². The molecule has 3 aromatic carbocycles. The van der Waals surface area contributed by atoms with Crippen LogP contribution in [0.2, 0.25) is 18.6 Å². The van der Waals surface area contributed by atoms with Crippen molar-refractivity contribution in [1.82, 2.24) is 14.7 Å². The summed E-state index contributed by atoms with van der Waals surface area (Å²) >= 11 is 0. The second-order valence-corrected chi connectivity index (χ2v) is 18.5. The van der Waals surface area contributed by atoms with Crippen LogP contribution in [0.4, 0.5) is 5.69 Å².